The van der Waals surface area contributed by atoms with Crippen molar-refractivity contribution in [2.75, 3.05) is 19.6 Å². The van der Waals surface area contributed by atoms with Gasteiger partial charge in [0, 0.05) is 19.6 Å². The molecule has 1 fully saturated rings. The predicted octanol–water partition coefficient (Wildman–Crippen LogP) is 3.70. The lowest BCUT2D eigenvalue weighted by Gasteiger charge is -2.31. The average Bonchev–Trinajstić information content (AvgIpc) is 3.19. The van der Waals surface area contributed by atoms with Crippen LogP contribution in [0.15, 0.2) is 64.0 Å². The number of sulfonamides is 1. The SMILES string of the molecule is Cc1noc(C)c1COc1ccccc1C(=O)NCC1CCN(S(=O)(=O)c2ccccc2)CC1. The highest BCUT2D eigenvalue weighted by atomic mass is 32.2. The van der Waals surface area contributed by atoms with Crippen LogP contribution in [0.1, 0.15) is 40.2 Å². The van der Waals surface area contributed by atoms with Crippen molar-refractivity contribution in [1.82, 2.24) is 14.8 Å². The molecule has 0 bridgehead atoms. The van der Waals surface area contributed by atoms with Gasteiger partial charge in [0.25, 0.3) is 5.91 Å². The van der Waals surface area contributed by atoms with Crippen molar-refractivity contribution in [3.05, 3.63) is 77.2 Å². The van der Waals surface area contributed by atoms with Crippen LogP contribution in [0.25, 0.3) is 0 Å². The average molecular weight is 484 g/mol. The van der Waals surface area contributed by atoms with Crippen LogP contribution in [0.3, 0.4) is 0 Å². The van der Waals surface area contributed by atoms with Crippen LogP contribution < -0.4 is 10.1 Å². The number of ether oxygens (including phenoxy) is 1. The van der Waals surface area contributed by atoms with Crippen molar-refractivity contribution in [2.45, 2.75) is 38.2 Å². The maximum absolute atomic E-state index is 12.9. The van der Waals surface area contributed by atoms with E-state index in [4.69, 9.17) is 9.26 Å². The first-order chi connectivity index (χ1) is 16.4. The standard InChI is InChI=1S/C25H29N3O5S/c1-18-23(19(2)33-27-18)17-32-24-11-7-6-10-22(24)25(29)26-16-20-12-14-28(15-13-20)34(30,31)21-8-4-3-5-9-21/h3-11,20H,12-17H2,1-2H3,(H,26,29). The van der Waals surface area contributed by atoms with E-state index in [1.54, 1.807) is 48.5 Å². The molecule has 1 aliphatic rings. The fraction of sp³-hybridized carbons (Fsp3) is 0.360. The van der Waals surface area contributed by atoms with Gasteiger partial charge < -0.3 is 14.6 Å². The maximum Gasteiger partial charge on any atom is 0.255 e. The molecule has 0 spiro atoms. The van der Waals surface area contributed by atoms with Crippen LogP contribution in [0, 0.1) is 19.8 Å². The van der Waals surface area contributed by atoms with Crippen LogP contribution in [0.4, 0.5) is 0 Å². The first kappa shape index (κ1) is 24.0. The smallest absolute Gasteiger partial charge is 0.255 e. The normalized spacial score (nSPS) is 15.2. The lowest BCUT2D eigenvalue weighted by Crippen LogP contribution is -2.41. The zero-order valence-electron chi connectivity index (χ0n) is 19.4. The summed E-state index contributed by atoms with van der Waals surface area (Å²) >= 11 is 0. The van der Waals surface area contributed by atoms with E-state index in [2.05, 4.69) is 10.5 Å². The molecule has 2 heterocycles. The van der Waals surface area contributed by atoms with Gasteiger partial charge in [-0.05, 0) is 56.9 Å². The van der Waals surface area contributed by atoms with Crippen LogP contribution in [-0.4, -0.2) is 43.4 Å². The molecule has 34 heavy (non-hydrogen) atoms. The number of carbonyl (C=O) groups excluding carboxylic acids is 1. The monoisotopic (exact) mass is 483 g/mol. The van der Waals surface area contributed by atoms with Gasteiger partial charge in [-0.1, -0.05) is 35.5 Å². The number of rotatable bonds is 8. The largest absolute Gasteiger partial charge is 0.488 e. The van der Waals surface area contributed by atoms with E-state index in [0.29, 0.717) is 54.4 Å². The summed E-state index contributed by atoms with van der Waals surface area (Å²) in [7, 11) is -3.48. The van der Waals surface area contributed by atoms with Crippen molar-refractivity contribution < 1.29 is 22.5 Å². The summed E-state index contributed by atoms with van der Waals surface area (Å²) in [4.78, 5) is 13.2. The van der Waals surface area contributed by atoms with Gasteiger partial charge in [-0.25, -0.2) is 8.42 Å². The quantitative estimate of drug-likeness (QED) is 0.524. The highest BCUT2D eigenvalue weighted by Gasteiger charge is 2.29. The van der Waals surface area contributed by atoms with E-state index in [0.717, 1.165) is 11.3 Å². The molecule has 0 unspecified atom stereocenters. The molecule has 0 radical (unpaired) electrons. The Bertz CT molecular complexity index is 1210. The lowest BCUT2D eigenvalue weighted by atomic mass is 9.98. The molecule has 2 aromatic carbocycles. The Morgan fingerprint density at radius 2 is 1.76 bits per heavy atom. The molecule has 1 aliphatic heterocycles. The third-order valence-corrected chi connectivity index (χ3v) is 8.10. The molecule has 4 rings (SSSR count). The maximum atomic E-state index is 12.9. The van der Waals surface area contributed by atoms with E-state index in [1.165, 1.54) is 4.31 Å². The van der Waals surface area contributed by atoms with E-state index in [1.807, 2.05) is 19.9 Å². The number of amides is 1. The van der Waals surface area contributed by atoms with E-state index in [-0.39, 0.29) is 18.4 Å². The van der Waals surface area contributed by atoms with Crippen LogP contribution in [0.2, 0.25) is 0 Å². The second-order valence-electron chi connectivity index (χ2n) is 8.46. The van der Waals surface area contributed by atoms with Crippen LogP contribution >= 0.6 is 0 Å². The van der Waals surface area contributed by atoms with Crippen molar-refractivity contribution in [3.8, 4) is 5.75 Å². The Kier molecular flexibility index (Phi) is 7.33. The molecule has 0 saturated carbocycles. The number of para-hydroxylation sites is 1. The molecule has 0 aliphatic carbocycles. The minimum absolute atomic E-state index is 0.210. The molecule has 1 amide bonds. The van der Waals surface area contributed by atoms with Gasteiger partial charge >= 0.3 is 0 Å². The Labute approximate surface area is 200 Å². The number of nitrogens with one attached hydrogen (secondary N) is 1. The number of piperidine rings is 1. The molecule has 1 saturated heterocycles. The Hall–Kier alpha value is -3.17. The Morgan fingerprint density at radius 3 is 2.44 bits per heavy atom. The number of aryl methyl sites for hydroxylation is 2. The molecule has 3 aromatic rings. The number of aromatic nitrogens is 1. The molecule has 1 N–H and O–H groups in total. The molecular weight excluding hydrogens is 454 g/mol. The lowest BCUT2D eigenvalue weighted by molar-refractivity contribution is 0.0937. The van der Waals surface area contributed by atoms with E-state index in [9.17, 15) is 13.2 Å². The zero-order valence-corrected chi connectivity index (χ0v) is 20.2. The summed E-state index contributed by atoms with van der Waals surface area (Å²) < 4.78 is 38.2. The third-order valence-electron chi connectivity index (χ3n) is 6.19. The van der Waals surface area contributed by atoms with Gasteiger partial charge in [0.15, 0.2) is 0 Å². The number of nitrogens with zero attached hydrogens (tertiary/aromatic N) is 2. The molecule has 180 valence electrons. The highest BCUT2D eigenvalue weighted by molar-refractivity contribution is 7.89. The van der Waals surface area contributed by atoms with Crippen LogP contribution in [0.5, 0.6) is 5.75 Å². The predicted molar refractivity (Wildman–Crippen MR) is 127 cm³/mol. The van der Waals surface area contributed by atoms with Gasteiger partial charge in [-0.15, -0.1) is 0 Å². The Balaban J connectivity index is 1.31. The van der Waals surface area contributed by atoms with Crippen molar-refractivity contribution in [2.24, 2.45) is 5.92 Å². The number of hydrogen-bond acceptors (Lipinski definition) is 6. The topological polar surface area (TPSA) is 102 Å². The minimum atomic E-state index is -3.48. The second kappa shape index (κ2) is 10.4. The van der Waals surface area contributed by atoms with Gasteiger partial charge in [0.1, 0.15) is 18.1 Å². The molecular formula is C25H29N3O5S. The third kappa shape index (κ3) is 5.31. The minimum Gasteiger partial charge on any atom is -0.488 e. The number of benzene rings is 2. The van der Waals surface area contributed by atoms with E-state index < -0.39 is 10.0 Å². The second-order valence-corrected chi connectivity index (χ2v) is 10.4. The molecule has 1 aromatic heterocycles. The zero-order chi connectivity index (χ0) is 24.1. The van der Waals surface area contributed by atoms with Gasteiger partial charge in [-0.3, -0.25) is 4.79 Å². The first-order valence-corrected chi connectivity index (χ1v) is 12.8. The molecule has 9 heteroatoms. The number of carbonyl (C=O) groups is 1. The van der Waals surface area contributed by atoms with Crippen molar-refractivity contribution in [3.63, 3.8) is 0 Å². The first-order valence-electron chi connectivity index (χ1n) is 11.3. The summed E-state index contributed by atoms with van der Waals surface area (Å²) in [5.41, 5.74) is 2.09. The summed E-state index contributed by atoms with van der Waals surface area (Å²) in [6, 6.07) is 15.6. The molecule has 0 atom stereocenters. The van der Waals surface area contributed by atoms with Gasteiger partial charge in [0.05, 0.1) is 21.7 Å². The van der Waals surface area contributed by atoms with Gasteiger partial charge in [0.2, 0.25) is 10.0 Å². The molecule has 8 nitrogen and oxygen atoms in total. The number of hydrogen-bond donors (Lipinski definition) is 1. The fourth-order valence-electron chi connectivity index (χ4n) is 4.07. The summed E-state index contributed by atoms with van der Waals surface area (Å²) in [6.07, 6.45) is 1.38. The van der Waals surface area contributed by atoms with Gasteiger partial charge in [-0.2, -0.15) is 4.31 Å². The summed E-state index contributed by atoms with van der Waals surface area (Å²) in [5.74, 6) is 1.18. The van der Waals surface area contributed by atoms with Crippen molar-refractivity contribution in [1.29, 1.82) is 0 Å². The van der Waals surface area contributed by atoms with Crippen molar-refractivity contribution >= 4 is 15.9 Å². The van der Waals surface area contributed by atoms with Crippen LogP contribution in [-0.2, 0) is 16.6 Å². The van der Waals surface area contributed by atoms with E-state index >= 15 is 0 Å². The Morgan fingerprint density at radius 1 is 1.09 bits per heavy atom. The highest BCUT2D eigenvalue weighted by Crippen LogP contribution is 2.24. The summed E-state index contributed by atoms with van der Waals surface area (Å²) in [5, 5.41) is 6.92. The fourth-order valence-corrected chi connectivity index (χ4v) is 5.56. The summed E-state index contributed by atoms with van der Waals surface area (Å²) in [6.45, 7) is 5.30.